The standard InChI is InChI=1S/C11H12N4O2S/c1-7-6-18-9(13-7)5-15-4-2-3-8(11(15)16)10(12)14-17/h2-4,6,17H,5H2,1H3,(H2,12,14). The second-order valence-corrected chi connectivity index (χ2v) is 4.67. The molecular formula is C11H12N4O2S. The van der Waals surface area contributed by atoms with Crippen molar-refractivity contribution in [1.29, 1.82) is 0 Å². The predicted octanol–water partition coefficient (Wildman–Crippen LogP) is 0.756. The smallest absolute Gasteiger partial charge is 0.262 e. The van der Waals surface area contributed by atoms with Gasteiger partial charge in [-0.3, -0.25) is 4.79 Å². The third-order valence-electron chi connectivity index (χ3n) is 2.38. The molecular weight excluding hydrogens is 252 g/mol. The minimum atomic E-state index is -0.305. The Hall–Kier alpha value is -2.15. The predicted molar refractivity (Wildman–Crippen MR) is 69.2 cm³/mol. The fourth-order valence-corrected chi connectivity index (χ4v) is 2.30. The molecule has 0 spiro atoms. The van der Waals surface area contributed by atoms with Gasteiger partial charge in [-0.25, -0.2) is 4.98 Å². The first-order valence-corrected chi connectivity index (χ1v) is 6.08. The SMILES string of the molecule is Cc1csc(Cn2cccc(/C(N)=N/O)c2=O)n1. The van der Waals surface area contributed by atoms with Gasteiger partial charge in [0.05, 0.1) is 12.1 Å². The fraction of sp³-hybridized carbons (Fsp3) is 0.182. The van der Waals surface area contributed by atoms with Gasteiger partial charge in [-0.1, -0.05) is 5.16 Å². The first-order chi connectivity index (χ1) is 8.61. The molecule has 0 aliphatic carbocycles. The lowest BCUT2D eigenvalue weighted by Gasteiger charge is -2.05. The number of rotatable bonds is 3. The summed E-state index contributed by atoms with van der Waals surface area (Å²) in [7, 11) is 0. The van der Waals surface area contributed by atoms with Crippen molar-refractivity contribution in [2.24, 2.45) is 10.9 Å². The molecule has 6 nitrogen and oxygen atoms in total. The van der Waals surface area contributed by atoms with Crippen LogP contribution in [0.2, 0.25) is 0 Å². The summed E-state index contributed by atoms with van der Waals surface area (Å²) in [6.45, 7) is 2.28. The molecule has 0 atom stereocenters. The second-order valence-electron chi connectivity index (χ2n) is 3.72. The van der Waals surface area contributed by atoms with E-state index in [0.717, 1.165) is 10.7 Å². The summed E-state index contributed by atoms with van der Waals surface area (Å²) >= 11 is 1.49. The normalized spacial score (nSPS) is 11.7. The molecule has 2 aromatic heterocycles. The average molecular weight is 264 g/mol. The molecule has 0 aliphatic heterocycles. The minimum absolute atomic E-state index is 0.174. The van der Waals surface area contributed by atoms with Crippen LogP contribution in [0.3, 0.4) is 0 Å². The van der Waals surface area contributed by atoms with E-state index in [1.165, 1.54) is 22.0 Å². The van der Waals surface area contributed by atoms with Crippen molar-refractivity contribution < 1.29 is 5.21 Å². The Balaban J connectivity index is 2.38. The van der Waals surface area contributed by atoms with E-state index in [-0.39, 0.29) is 17.0 Å². The minimum Gasteiger partial charge on any atom is -0.409 e. The van der Waals surface area contributed by atoms with Crippen molar-refractivity contribution >= 4 is 17.2 Å². The zero-order valence-electron chi connectivity index (χ0n) is 9.70. The number of hydrogen-bond acceptors (Lipinski definition) is 5. The van der Waals surface area contributed by atoms with Crippen molar-refractivity contribution in [2.45, 2.75) is 13.5 Å². The Bertz CT molecular complexity index is 644. The number of aromatic nitrogens is 2. The van der Waals surface area contributed by atoms with Crippen molar-refractivity contribution in [3.05, 3.63) is 50.3 Å². The molecule has 7 heteroatoms. The third-order valence-corrected chi connectivity index (χ3v) is 3.33. The first kappa shape index (κ1) is 12.3. The fourth-order valence-electron chi connectivity index (χ4n) is 1.53. The highest BCUT2D eigenvalue weighted by atomic mass is 32.1. The maximum absolute atomic E-state index is 12.0. The molecule has 2 aromatic rings. The van der Waals surface area contributed by atoms with Crippen LogP contribution < -0.4 is 11.3 Å². The van der Waals surface area contributed by atoms with E-state index in [2.05, 4.69) is 10.1 Å². The molecule has 0 bridgehead atoms. The van der Waals surface area contributed by atoms with Crippen LogP contribution in [0.1, 0.15) is 16.3 Å². The van der Waals surface area contributed by atoms with E-state index in [0.29, 0.717) is 6.54 Å². The number of pyridine rings is 1. The van der Waals surface area contributed by atoms with Gasteiger partial charge in [0.25, 0.3) is 5.56 Å². The summed E-state index contributed by atoms with van der Waals surface area (Å²) in [4.78, 5) is 16.3. The lowest BCUT2D eigenvalue weighted by atomic mass is 10.2. The summed E-state index contributed by atoms with van der Waals surface area (Å²) in [6, 6.07) is 3.19. The number of oxime groups is 1. The van der Waals surface area contributed by atoms with E-state index < -0.39 is 0 Å². The molecule has 2 rings (SSSR count). The van der Waals surface area contributed by atoms with E-state index in [1.54, 1.807) is 12.3 Å². The maximum Gasteiger partial charge on any atom is 0.262 e. The third kappa shape index (κ3) is 2.40. The van der Waals surface area contributed by atoms with Gasteiger partial charge in [0.1, 0.15) is 5.01 Å². The maximum atomic E-state index is 12.0. The topological polar surface area (TPSA) is 93.5 Å². The van der Waals surface area contributed by atoms with Crippen LogP contribution in [-0.2, 0) is 6.54 Å². The summed E-state index contributed by atoms with van der Waals surface area (Å²) in [5.41, 5.74) is 6.23. The van der Waals surface area contributed by atoms with Crippen LogP contribution in [0.15, 0.2) is 33.7 Å². The molecule has 0 aliphatic rings. The van der Waals surface area contributed by atoms with Crippen molar-refractivity contribution in [2.75, 3.05) is 0 Å². The largest absolute Gasteiger partial charge is 0.409 e. The van der Waals surface area contributed by atoms with Crippen LogP contribution in [0.25, 0.3) is 0 Å². The van der Waals surface area contributed by atoms with Gasteiger partial charge in [0.2, 0.25) is 0 Å². The number of aryl methyl sites for hydroxylation is 1. The molecule has 0 unspecified atom stereocenters. The van der Waals surface area contributed by atoms with Crippen LogP contribution >= 0.6 is 11.3 Å². The molecule has 18 heavy (non-hydrogen) atoms. The number of hydrogen-bond donors (Lipinski definition) is 2. The lowest BCUT2D eigenvalue weighted by Crippen LogP contribution is -2.29. The highest BCUT2D eigenvalue weighted by Crippen LogP contribution is 2.09. The van der Waals surface area contributed by atoms with Gasteiger partial charge in [0, 0.05) is 17.3 Å². The number of nitrogens with zero attached hydrogens (tertiary/aromatic N) is 3. The van der Waals surface area contributed by atoms with E-state index in [4.69, 9.17) is 10.9 Å². The summed E-state index contributed by atoms with van der Waals surface area (Å²) in [5, 5.41) is 14.2. The van der Waals surface area contributed by atoms with Gasteiger partial charge in [-0.05, 0) is 19.1 Å². The highest BCUT2D eigenvalue weighted by Gasteiger charge is 2.08. The van der Waals surface area contributed by atoms with Crippen LogP contribution in [0.5, 0.6) is 0 Å². The van der Waals surface area contributed by atoms with Gasteiger partial charge in [-0.2, -0.15) is 0 Å². The van der Waals surface area contributed by atoms with Crippen molar-refractivity contribution in [1.82, 2.24) is 9.55 Å². The quantitative estimate of drug-likeness (QED) is 0.370. The Morgan fingerprint density at radius 2 is 2.44 bits per heavy atom. The zero-order chi connectivity index (χ0) is 13.1. The average Bonchev–Trinajstić information content (AvgIpc) is 2.76. The lowest BCUT2D eigenvalue weighted by molar-refractivity contribution is 0.318. The summed E-state index contributed by atoms with van der Waals surface area (Å²) in [6.07, 6.45) is 1.65. The van der Waals surface area contributed by atoms with Gasteiger partial charge >= 0.3 is 0 Å². The summed E-state index contributed by atoms with van der Waals surface area (Å²) in [5.74, 6) is -0.190. The summed E-state index contributed by atoms with van der Waals surface area (Å²) < 4.78 is 1.48. The Kier molecular flexibility index (Phi) is 3.42. The molecule has 0 fully saturated rings. The highest BCUT2D eigenvalue weighted by molar-refractivity contribution is 7.09. The first-order valence-electron chi connectivity index (χ1n) is 5.20. The van der Waals surface area contributed by atoms with E-state index >= 15 is 0 Å². The molecule has 0 saturated heterocycles. The molecule has 0 aromatic carbocycles. The molecule has 94 valence electrons. The van der Waals surface area contributed by atoms with E-state index in [9.17, 15) is 4.79 Å². The van der Waals surface area contributed by atoms with E-state index in [1.807, 2.05) is 12.3 Å². The zero-order valence-corrected chi connectivity index (χ0v) is 10.5. The molecule has 0 saturated carbocycles. The monoisotopic (exact) mass is 264 g/mol. The number of amidine groups is 1. The van der Waals surface area contributed by atoms with Gasteiger partial charge in [-0.15, -0.1) is 11.3 Å². The van der Waals surface area contributed by atoms with Gasteiger partial charge < -0.3 is 15.5 Å². The van der Waals surface area contributed by atoms with Gasteiger partial charge in [0.15, 0.2) is 5.84 Å². The number of thiazole rings is 1. The molecule has 0 amide bonds. The number of nitrogens with two attached hydrogens (primary N) is 1. The molecule has 0 radical (unpaired) electrons. The Morgan fingerprint density at radius 3 is 3.06 bits per heavy atom. The Labute approximate surface area is 107 Å². The van der Waals surface area contributed by atoms with Crippen molar-refractivity contribution in [3.8, 4) is 0 Å². The van der Waals surface area contributed by atoms with Crippen LogP contribution in [-0.4, -0.2) is 20.6 Å². The van der Waals surface area contributed by atoms with Crippen LogP contribution in [0.4, 0.5) is 0 Å². The Morgan fingerprint density at radius 1 is 1.67 bits per heavy atom. The van der Waals surface area contributed by atoms with Crippen LogP contribution in [0, 0.1) is 6.92 Å². The second kappa shape index (κ2) is 5.01. The molecule has 3 N–H and O–H groups in total. The molecule has 2 heterocycles. The van der Waals surface area contributed by atoms with Crippen molar-refractivity contribution in [3.63, 3.8) is 0 Å².